The van der Waals surface area contributed by atoms with Crippen LogP contribution in [0.15, 0.2) is 0 Å². The molecule has 3 rings (SSSR count). The van der Waals surface area contributed by atoms with Crippen molar-refractivity contribution in [1.29, 1.82) is 0 Å². The molecule has 3 fully saturated rings. The molecule has 0 aromatic rings. The van der Waals surface area contributed by atoms with Gasteiger partial charge in [-0.2, -0.15) is 0 Å². The average molecular weight is 305 g/mol. The Hall–Kier alpha value is 0.230. The Bertz CT molecular complexity index is 323. The molecule has 3 aliphatic rings. The molecule has 20 heavy (non-hydrogen) atoms. The summed E-state index contributed by atoms with van der Waals surface area (Å²) < 4.78 is 24.8. The van der Waals surface area contributed by atoms with E-state index in [-0.39, 0.29) is 24.4 Å². The summed E-state index contributed by atoms with van der Waals surface area (Å²) >= 11 is 0. The first-order chi connectivity index (χ1) is 9.41. The van der Waals surface area contributed by atoms with E-state index in [0.29, 0.717) is 6.04 Å². The normalized spacial score (nSPS) is 46.3. The summed E-state index contributed by atoms with van der Waals surface area (Å²) in [5.74, 6) is 0. The molecule has 6 heteroatoms. The van der Waals surface area contributed by atoms with Crippen LogP contribution in [0.3, 0.4) is 0 Å². The first-order valence-corrected chi connectivity index (χ1v) is 9.89. The predicted octanol–water partition coefficient (Wildman–Crippen LogP) is 3.68. The quantitative estimate of drug-likeness (QED) is 0.789. The summed E-state index contributed by atoms with van der Waals surface area (Å²) in [5.41, 5.74) is 0. The minimum absolute atomic E-state index is 0.0127. The van der Waals surface area contributed by atoms with Gasteiger partial charge in [0.15, 0.2) is 0 Å². The van der Waals surface area contributed by atoms with Crippen LogP contribution in [0.2, 0.25) is 0 Å². The van der Waals surface area contributed by atoms with Gasteiger partial charge in [-0.3, -0.25) is 0 Å². The van der Waals surface area contributed by atoms with Crippen LogP contribution in [-0.2, 0) is 18.1 Å². The van der Waals surface area contributed by atoms with E-state index in [1.165, 1.54) is 19.3 Å². The standard InChI is InChI=1S/C14H28NO4P/c1-10-11(2)17-20(16-10,18-12(3)13(4)19-20)15-14-8-6-5-7-9-14/h10-15H,5-9H2,1-4H3. The summed E-state index contributed by atoms with van der Waals surface area (Å²) in [6, 6.07) is 0.372. The van der Waals surface area contributed by atoms with Crippen molar-refractivity contribution < 1.29 is 18.1 Å². The van der Waals surface area contributed by atoms with Gasteiger partial charge in [0.25, 0.3) is 0 Å². The van der Waals surface area contributed by atoms with E-state index in [1.807, 2.05) is 27.7 Å². The van der Waals surface area contributed by atoms with Crippen molar-refractivity contribution in [2.45, 2.75) is 90.3 Å². The molecule has 118 valence electrons. The van der Waals surface area contributed by atoms with E-state index in [4.69, 9.17) is 18.1 Å². The monoisotopic (exact) mass is 305 g/mol. The third-order valence-corrected chi connectivity index (χ3v) is 8.28. The fourth-order valence-corrected chi connectivity index (χ4v) is 7.67. The Balaban J connectivity index is 1.85. The second-order valence-corrected chi connectivity index (χ2v) is 9.24. The van der Waals surface area contributed by atoms with E-state index >= 15 is 0 Å². The van der Waals surface area contributed by atoms with Gasteiger partial charge in [0.2, 0.25) is 0 Å². The summed E-state index contributed by atoms with van der Waals surface area (Å²) in [6.45, 7) is 8.09. The molecular weight excluding hydrogens is 277 g/mol. The average Bonchev–Trinajstić information content (AvgIpc) is 2.75. The summed E-state index contributed by atoms with van der Waals surface area (Å²) in [6.07, 6.45) is 6.05. The van der Waals surface area contributed by atoms with E-state index in [0.717, 1.165) is 12.8 Å². The number of nitrogens with one attached hydrogen (secondary N) is 1. The third-order valence-electron chi connectivity index (χ3n) is 4.71. The van der Waals surface area contributed by atoms with Gasteiger partial charge >= 0.3 is 121 Å². The van der Waals surface area contributed by atoms with E-state index in [2.05, 4.69) is 5.09 Å². The van der Waals surface area contributed by atoms with Crippen molar-refractivity contribution in [1.82, 2.24) is 5.09 Å². The van der Waals surface area contributed by atoms with Gasteiger partial charge in [-0.25, -0.2) is 0 Å². The topological polar surface area (TPSA) is 49.0 Å². The SMILES string of the molecule is CC1OP2(NC3CCCCC3)(OC1C)OC(C)C(C)O2. The molecule has 2 saturated heterocycles. The molecule has 0 aromatic carbocycles. The summed E-state index contributed by atoms with van der Waals surface area (Å²) in [4.78, 5) is 0. The van der Waals surface area contributed by atoms with Gasteiger partial charge < -0.3 is 0 Å². The molecule has 2 aliphatic heterocycles. The zero-order chi connectivity index (χ0) is 14.4. The van der Waals surface area contributed by atoms with Crippen molar-refractivity contribution in [2.24, 2.45) is 0 Å². The molecule has 1 N–H and O–H groups in total. The molecule has 1 spiro atoms. The third kappa shape index (κ3) is 2.53. The molecule has 0 amide bonds. The Morgan fingerprint density at radius 2 is 1.10 bits per heavy atom. The fraction of sp³-hybridized carbons (Fsp3) is 1.00. The zero-order valence-electron chi connectivity index (χ0n) is 13.0. The van der Waals surface area contributed by atoms with Crippen molar-refractivity contribution in [3.63, 3.8) is 0 Å². The van der Waals surface area contributed by atoms with Crippen LogP contribution in [-0.4, -0.2) is 30.5 Å². The maximum atomic E-state index is 6.21. The van der Waals surface area contributed by atoms with Crippen LogP contribution < -0.4 is 5.09 Å². The fourth-order valence-electron chi connectivity index (χ4n) is 3.29. The van der Waals surface area contributed by atoms with Crippen LogP contribution in [0.4, 0.5) is 0 Å². The predicted molar refractivity (Wildman–Crippen MR) is 79.1 cm³/mol. The summed E-state index contributed by atoms with van der Waals surface area (Å²) in [7, 11) is -3.60. The van der Waals surface area contributed by atoms with Gasteiger partial charge in [-0.05, 0) is 0 Å². The van der Waals surface area contributed by atoms with Crippen molar-refractivity contribution in [3.8, 4) is 0 Å². The number of hydrogen-bond acceptors (Lipinski definition) is 5. The Labute approximate surface area is 122 Å². The Morgan fingerprint density at radius 1 is 0.700 bits per heavy atom. The molecule has 0 radical (unpaired) electrons. The second-order valence-electron chi connectivity index (χ2n) is 6.52. The van der Waals surface area contributed by atoms with Crippen LogP contribution in [0.25, 0.3) is 0 Å². The first-order valence-electron chi connectivity index (χ1n) is 7.98. The Kier molecular flexibility index (Phi) is 3.90. The van der Waals surface area contributed by atoms with E-state index in [9.17, 15) is 0 Å². The van der Waals surface area contributed by atoms with E-state index in [1.54, 1.807) is 0 Å². The number of hydrogen-bond donors (Lipinski definition) is 1. The molecule has 4 unspecified atom stereocenters. The van der Waals surface area contributed by atoms with Crippen LogP contribution in [0.5, 0.6) is 0 Å². The van der Waals surface area contributed by atoms with Crippen LogP contribution >= 0.6 is 7.66 Å². The Morgan fingerprint density at radius 3 is 1.50 bits per heavy atom. The number of rotatable bonds is 2. The molecule has 1 aliphatic carbocycles. The van der Waals surface area contributed by atoms with Crippen molar-refractivity contribution in [2.75, 3.05) is 0 Å². The second kappa shape index (κ2) is 5.15. The zero-order valence-corrected chi connectivity index (χ0v) is 13.9. The van der Waals surface area contributed by atoms with Crippen molar-refractivity contribution >= 4 is 7.66 Å². The molecule has 2 heterocycles. The molecule has 1 saturated carbocycles. The van der Waals surface area contributed by atoms with Crippen LogP contribution in [0, 0.1) is 0 Å². The van der Waals surface area contributed by atoms with Gasteiger partial charge in [-0.1, -0.05) is 0 Å². The van der Waals surface area contributed by atoms with Gasteiger partial charge in [-0.15, -0.1) is 0 Å². The molecule has 0 aromatic heterocycles. The van der Waals surface area contributed by atoms with E-state index < -0.39 is 7.66 Å². The van der Waals surface area contributed by atoms with Crippen LogP contribution in [0.1, 0.15) is 59.8 Å². The van der Waals surface area contributed by atoms with Gasteiger partial charge in [0.1, 0.15) is 0 Å². The van der Waals surface area contributed by atoms with Gasteiger partial charge in [0, 0.05) is 0 Å². The molecule has 5 nitrogen and oxygen atoms in total. The summed E-state index contributed by atoms with van der Waals surface area (Å²) in [5, 5.41) is 3.57. The molecule has 0 bridgehead atoms. The van der Waals surface area contributed by atoms with Gasteiger partial charge in [0.05, 0.1) is 0 Å². The minimum atomic E-state index is -3.60. The first kappa shape index (κ1) is 15.1. The van der Waals surface area contributed by atoms with Crippen molar-refractivity contribution in [3.05, 3.63) is 0 Å². The maximum absolute atomic E-state index is 6.21. The molecular formula is C14H28NO4P. The molecule has 4 atom stereocenters.